The minimum absolute atomic E-state index is 0.499. The van der Waals surface area contributed by atoms with Crippen LogP contribution < -0.4 is 9.47 Å². The Labute approximate surface area is 177 Å². The Hall–Kier alpha value is -2.62. The van der Waals surface area contributed by atoms with Crippen LogP contribution in [0.4, 0.5) is 0 Å². The van der Waals surface area contributed by atoms with Gasteiger partial charge in [-0.05, 0) is 44.2 Å². The number of nitriles is 1. The Morgan fingerprint density at radius 1 is 1.14 bits per heavy atom. The molecule has 0 atom stereocenters. The van der Waals surface area contributed by atoms with Crippen LogP contribution in [0, 0.1) is 11.3 Å². The van der Waals surface area contributed by atoms with Crippen LogP contribution in [0.2, 0.25) is 0 Å². The van der Waals surface area contributed by atoms with Crippen LogP contribution in [0.5, 0.6) is 11.5 Å². The predicted octanol–water partition coefficient (Wildman–Crippen LogP) is 6.43. The zero-order chi connectivity index (χ0) is 19.9. The number of hydrogen-bond acceptors (Lipinski definition) is 5. The molecule has 0 aliphatic rings. The normalized spacial score (nSPS) is 11.1. The summed E-state index contributed by atoms with van der Waals surface area (Å²) in [7, 11) is 0. The van der Waals surface area contributed by atoms with E-state index in [-0.39, 0.29) is 0 Å². The number of hydrogen-bond donors (Lipinski definition) is 0. The molecule has 0 saturated carbocycles. The summed E-state index contributed by atoms with van der Waals surface area (Å²) in [5.74, 6) is 1.43. The van der Waals surface area contributed by atoms with Gasteiger partial charge >= 0.3 is 0 Å². The molecule has 0 aliphatic carbocycles. The molecule has 28 heavy (non-hydrogen) atoms. The topological polar surface area (TPSA) is 55.1 Å². The van der Waals surface area contributed by atoms with Crippen LogP contribution >= 0.6 is 27.3 Å². The highest BCUT2D eigenvalue weighted by Crippen LogP contribution is 2.31. The van der Waals surface area contributed by atoms with Crippen molar-refractivity contribution in [3.05, 3.63) is 62.9 Å². The second-order valence-electron chi connectivity index (χ2n) is 5.78. The van der Waals surface area contributed by atoms with E-state index in [0.29, 0.717) is 29.5 Å². The lowest BCUT2D eigenvalue weighted by Crippen LogP contribution is -1.97. The van der Waals surface area contributed by atoms with Crippen molar-refractivity contribution in [1.82, 2.24) is 4.98 Å². The van der Waals surface area contributed by atoms with E-state index < -0.39 is 0 Å². The first-order valence-electron chi connectivity index (χ1n) is 8.87. The van der Waals surface area contributed by atoms with E-state index >= 15 is 0 Å². The van der Waals surface area contributed by atoms with E-state index in [0.717, 1.165) is 27.0 Å². The summed E-state index contributed by atoms with van der Waals surface area (Å²) in [5.41, 5.74) is 3.19. The van der Waals surface area contributed by atoms with Gasteiger partial charge in [0.25, 0.3) is 0 Å². The van der Waals surface area contributed by atoms with Gasteiger partial charge in [0, 0.05) is 27.0 Å². The van der Waals surface area contributed by atoms with Gasteiger partial charge in [-0.3, -0.25) is 0 Å². The first-order valence-corrected chi connectivity index (χ1v) is 10.5. The van der Waals surface area contributed by atoms with Gasteiger partial charge in [0.15, 0.2) is 0 Å². The minimum atomic E-state index is 0.499. The fourth-order valence-corrected chi connectivity index (χ4v) is 3.68. The number of halogens is 1. The number of allylic oxidation sites excluding steroid dienone is 1. The number of nitrogens with zero attached hydrogens (tertiary/aromatic N) is 2. The molecule has 0 radical (unpaired) electrons. The summed E-state index contributed by atoms with van der Waals surface area (Å²) < 4.78 is 12.3. The van der Waals surface area contributed by atoms with E-state index in [1.54, 1.807) is 0 Å². The summed E-state index contributed by atoms with van der Waals surface area (Å²) in [5, 5.41) is 12.3. The molecule has 0 N–H and O–H groups in total. The Balaban J connectivity index is 1.94. The summed E-state index contributed by atoms with van der Waals surface area (Å²) >= 11 is 4.89. The standard InChI is InChI=1S/C22H19BrN2O2S/c1-3-26-19-10-7-16(21(12-19)27-4-2)11-17(13-24)22-25-20(14-28-22)15-5-8-18(23)9-6-15/h5-12,14H,3-4H2,1-2H3/b17-11-. The fourth-order valence-electron chi connectivity index (χ4n) is 2.62. The molecule has 3 rings (SSSR count). The van der Waals surface area contributed by atoms with E-state index in [9.17, 15) is 5.26 Å². The molecule has 0 aliphatic heterocycles. The molecule has 2 aromatic carbocycles. The molecule has 4 nitrogen and oxygen atoms in total. The van der Waals surface area contributed by atoms with Gasteiger partial charge in [0.05, 0.1) is 24.5 Å². The lowest BCUT2D eigenvalue weighted by molar-refractivity contribution is 0.322. The Morgan fingerprint density at radius 3 is 2.57 bits per heavy atom. The maximum Gasteiger partial charge on any atom is 0.134 e. The van der Waals surface area contributed by atoms with Crippen LogP contribution in [0.3, 0.4) is 0 Å². The largest absolute Gasteiger partial charge is 0.494 e. The maximum atomic E-state index is 9.69. The molecule has 142 valence electrons. The lowest BCUT2D eigenvalue weighted by Gasteiger charge is -2.10. The number of rotatable bonds is 7. The van der Waals surface area contributed by atoms with Crippen molar-refractivity contribution in [2.45, 2.75) is 13.8 Å². The smallest absolute Gasteiger partial charge is 0.134 e. The van der Waals surface area contributed by atoms with Crippen molar-refractivity contribution in [2.24, 2.45) is 0 Å². The molecule has 1 aromatic heterocycles. The van der Waals surface area contributed by atoms with Gasteiger partial charge in [0.1, 0.15) is 22.6 Å². The molecule has 0 fully saturated rings. The minimum Gasteiger partial charge on any atom is -0.494 e. The van der Waals surface area contributed by atoms with Crippen LogP contribution in [-0.2, 0) is 0 Å². The average Bonchev–Trinajstić information content (AvgIpc) is 3.18. The highest BCUT2D eigenvalue weighted by atomic mass is 79.9. The van der Waals surface area contributed by atoms with Crippen molar-refractivity contribution in [2.75, 3.05) is 13.2 Å². The molecule has 0 unspecified atom stereocenters. The number of thiazole rings is 1. The van der Waals surface area contributed by atoms with Crippen LogP contribution in [-0.4, -0.2) is 18.2 Å². The monoisotopic (exact) mass is 454 g/mol. The molecule has 0 bridgehead atoms. The quantitative estimate of drug-likeness (QED) is 0.385. The van der Waals surface area contributed by atoms with Gasteiger partial charge in [0.2, 0.25) is 0 Å². The van der Waals surface area contributed by atoms with Gasteiger partial charge in [-0.15, -0.1) is 11.3 Å². The van der Waals surface area contributed by atoms with Crippen molar-refractivity contribution in [3.63, 3.8) is 0 Å². The SMILES string of the molecule is CCOc1ccc(/C=C(/C#N)c2nc(-c3ccc(Br)cc3)cs2)c(OCC)c1. The zero-order valence-corrected chi connectivity index (χ0v) is 18.0. The second-order valence-corrected chi connectivity index (χ2v) is 7.55. The molecule has 0 amide bonds. The number of benzene rings is 2. The first-order chi connectivity index (χ1) is 13.6. The summed E-state index contributed by atoms with van der Waals surface area (Å²) in [6.07, 6.45) is 1.81. The van der Waals surface area contributed by atoms with E-state index in [2.05, 4.69) is 27.0 Å². The van der Waals surface area contributed by atoms with Gasteiger partial charge in [-0.1, -0.05) is 28.1 Å². The molecular formula is C22H19BrN2O2S. The van der Waals surface area contributed by atoms with Crippen molar-refractivity contribution in [1.29, 1.82) is 5.26 Å². The van der Waals surface area contributed by atoms with Gasteiger partial charge in [-0.25, -0.2) is 4.98 Å². The molecule has 6 heteroatoms. The van der Waals surface area contributed by atoms with Crippen molar-refractivity contribution < 1.29 is 9.47 Å². The van der Waals surface area contributed by atoms with Crippen LogP contribution in [0.1, 0.15) is 24.4 Å². The molecule has 3 aromatic rings. The zero-order valence-electron chi connectivity index (χ0n) is 15.6. The van der Waals surface area contributed by atoms with E-state index in [1.807, 2.05) is 67.8 Å². The lowest BCUT2D eigenvalue weighted by atomic mass is 10.1. The van der Waals surface area contributed by atoms with Crippen LogP contribution in [0.25, 0.3) is 22.9 Å². The molecule has 1 heterocycles. The molecule has 0 saturated heterocycles. The molecule has 0 spiro atoms. The summed E-state index contributed by atoms with van der Waals surface area (Å²) in [6, 6.07) is 15.8. The third kappa shape index (κ3) is 4.80. The first kappa shape index (κ1) is 20.1. The van der Waals surface area contributed by atoms with Crippen molar-refractivity contribution >= 4 is 38.9 Å². The second kappa shape index (κ2) is 9.54. The third-order valence-electron chi connectivity index (χ3n) is 3.89. The van der Waals surface area contributed by atoms with E-state index in [4.69, 9.17) is 9.47 Å². The Kier molecular flexibility index (Phi) is 6.85. The van der Waals surface area contributed by atoms with Crippen molar-refractivity contribution in [3.8, 4) is 28.8 Å². The molecular weight excluding hydrogens is 436 g/mol. The summed E-state index contributed by atoms with van der Waals surface area (Å²) in [6.45, 7) is 4.98. The number of aromatic nitrogens is 1. The average molecular weight is 455 g/mol. The van der Waals surface area contributed by atoms with Crippen LogP contribution in [0.15, 0.2) is 52.3 Å². The number of ether oxygens (including phenoxy) is 2. The Bertz CT molecular complexity index is 1020. The summed E-state index contributed by atoms with van der Waals surface area (Å²) in [4.78, 5) is 4.65. The predicted molar refractivity (Wildman–Crippen MR) is 118 cm³/mol. The van der Waals surface area contributed by atoms with Gasteiger partial charge in [-0.2, -0.15) is 5.26 Å². The highest BCUT2D eigenvalue weighted by molar-refractivity contribution is 9.10. The fraction of sp³-hybridized carbons (Fsp3) is 0.182. The maximum absolute atomic E-state index is 9.69. The third-order valence-corrected chi connectivity index (χ3v) is 5.29. The Morgan fingerprint density at radius 2 is 1.89 bits per heavy atom. The van der Waals surface area contributed by atoms with E-state index in [1.165, 1.54) is 11.3 Å². The van der Waals surface area contributed by atoms with Gasteiger partial charge < -0.3 is 9.47 Å². The highest BCUT2D eigenvalue weighted by Gasteiger charge is 2.11.